The summed E-state index contributed by atoms with van der Waals surface area (Å²) in [5.74, 6) is -2.10. The third-order valence-corrected chi connectivity index (χ3v) is 8.81. The second-order valence-corrected chi connectivity index (χ2v) is 12.0. The SMILES string of the molecule is CCCCCCCCCCCCCCCCCCCCCCC(C)[N+](C)(C)C(C)(CC(=O)O)C(=O)O. The molecule has 0 aliphatic carbocycles. The number of hydrogen-bond donors (Lipinski definition) is 2. The quantitative estimate of drug-likeness (QED) is 0.0895. The summed E-state index contributed by atoms with van der Waals surface area (Å²) in [5.41, 5.74) is -1.32. The van der Waals surface area contributed by atoms with Gasteiger partial charge in [0.2, 0.25) is 5.54 Å². The van der Waals surface area contributed by atoms with Crippen molar-refractivity contribution >= 4 is 11.9 Å². The van der Waals surface area contributed by atoms with Crippen LogP contribution in [0.2, 0.25) is 0 Å². The Kier molecular flexibility index (Phi) is 20.3. The Bertz CT molecular complexity index is 563. The van der Waals surface area contributed by atoms with Crippen molar-refractivity contribution in [3.8, 4) is 0 Å². The monoisotopic (exact) mass is 512 g/mol. The molecule has 5 nitrogen and oxygen atoms in total. The number of aliphatic carboxylic acids is 2. The molecule has 0 saturated heterocycles. The molecule has 0 heterocycles. The van der Waals surface area contributed by atoms with E-state index in [2.05, 4.69) is 13.8 Å². The molecule has 0 spiro atoms. The van der Waals surface area contributed by atoms with Crippen molar-refractivity contribution in [1.82, 2.24) is 0 Å². The van der Waals surface area contributed by atoms with Crippen LogP contribution in [0.25, 0.3) is 0 Å². The Morgan fingerprint density at radius 3 is 1.22 bits per heavy atom. The number of rotatable bonds is 26. The zero-order valence-electron chi connectivity index (χ0n) is 24.8. The molecular weight excluding hydrogens is 450 g/mol. The summed E-state index contributed by atoms with van der Waals surface area (Å²) in [4.78, 5) is 23.2. The van der Waals surface area contributed by atoms with E-state index in [-0.39, 0.29) is 16.9 Å². The van der Waals surface area contributed by atoms with Crippen LogP contribution in [-0.2, 0) is 9.59 Å². The highest BCUT2D eigenvalue weighted by atomic mass is 16.4. The third-order valence-electron chi connectivity index (χ3n) is 8.81. The molecule has 0 aromatic heterocycles. The number of hydrogen-bond acceptors (Lipinski definition) is 2. The fourth-order valence-electron chi connectivity index (χ4n) is 5.32. The first-order valence-corrected chi connectivity index (χ1v) is 15.4. The zero-order valence-corrected chi connectivity index (χ0v) is 24.8. The van der Waals surface area contributed by atoms with Gasteiger partial charge >= 0.3 is 11.9 Å². The van der Waals surface area contributed by atoms with Crippen molar-refractivity contribution in [3.63, 3.8) is 0 Å². The van der Waals surface area contributed by atoms with Crippen LogP contribution in [0.5, 0.6) is 0 Å². The molecule has 214 valence electrons. The van der Waals surface area contributed by atoms with Crippen molar-refractivity contribution in [2.24, 2.45) is 0 Å². The van der Waals surface area contributed by atoms with Gasteiger partial charge in [0.1, 0.15) is 6.42 Å². The average molecular weight is 513 g/mol. The van der Waals surface area contributed by atoms with E-state index in [4.69, 9.17) is 0 Å². The third kappa shape index (κ3) is 15.2. The molecule has 0 saturated carbocycles. The van der Waals surface area contributed by atoms with E-state index in [0.717, 1.165) is 12.8 Å². The molecule has 0 fully saturated rings. The predicted molar refractivity (Wildman–Crippen MR) is 152 cm³/mol. The van der Waals surface area contributed by atoms with E-state index in [1.54, 1.807) is 6.92 Å². The second-order valence-electron chi connectivity index (χ2n) is 12.0. The summed E-state index contributed by atoms with van der Waals surface area (Å²) in [7, 11) is 3.72. The standard InChI is InChI=1S/C31H61NO4/c1-6-7-8-9-10-11-12-13-14-15-16-17-18-19-20-21-22-23-24-25-26-28(2)32(4,5)31(3,30(35)36)27-29(33)34/h28H,6-27H2,1-5H3,(H-,33,34,35,36)/p+1. The molecule has 2 N–H and O–H groups in total. The largest absolute Gasteiger partial charge is 0.481 e. The van der Waals surface area contributed by atoms with Crippen LogP contribution in [-0.4, -0.2) is 52.3 Å². The first-order chi connectivity index (χ1) is 17.1. The molecule has 0 aromatic rings. The van der Waals surface area contributed by atoms with E-state index in [1.807, 2.05) is 14.1 Å². The summed E-state index contributed by atoms with van der Waals surface area (Å²) in [6.45, 7) is 5.90. The fraction of sp³-hybridized carbons (Fsp3) is 0.935. The molecule has 2 atom stereocenters. The molecule has 5 heteroatoms. The van der Waals surface area contributed by atoms with Gasteiger partial charge in [-0.3, -0.25) is 4.79 Å². The summed E-state index contributed by atoms with van der Waals surface area (Å²) in [6.07, 6.45) is 27.8. The van der Waals surface area contributed by atoms with Gasteiger partial charge in [0, 0.05) is 6.92 Å². The summed E-state index contributed by atoms with van der Waals surface area (Å²) in [5, 5.41) is 18.9. The Labute approximate surface area is 224 Å². The average Bonchev–Trinajstić information content (AvgIpc) is 2.81. The second kappa shape index (κ2) is 20.9. The Morgan fingerprint density at radius 1 is 0.639 bits per heavy atom. The summed E-state index contributed by atoms with van der Waals surface area (Å²) >= 11 is 0. The van der Waals surface area contributed by atoms with Gasteiger partial charge in [-0.05, 0) is 19.8 Å². The van der Waals surface area contributed by atoms with Crippen LogP contribution in [0.3, 0.4) is 0 Å². The number of carboxylic acid groups (broad SMARTS) is 2. The smallest absolute Gasteiger partial charge is 0.366 e. The minimum atomic E-state index is -1.32. The molecule has 0 radical (unpaired) electrons. The van der Waals surface area contributed by atoms with Crippen molar-refractivity contribution in [1.29, 1.82) is 0 Å². The summed E-state index contributed by atoms with van der Waals surface area (Å²) < 4.78 is 0.188. The molecule has 0 amide bonds. The molecule has 36 heavy (non-hydrogen) atoms. The van der Waals surface area contributed by atoms with E-state index < -0.39 is 17.5 Å². The van der Waals surface area contributed by atoms with Crippen molar-refractivity contribution in [2.45, 2.75) is 174 Å². The van der Waals surface area contributed by atoms with Crippen molar-refractivity contribution in [2.75, 3.05) is 14.1 Å². The number of unbranched alkanes of at least 4 members (excludes halogenated alkanes) is 19. The number of likely N-dealkylation sites (N-methyl/N-ethyl adjacent to an activating group) is 1. The summed E-state index contributed by atoms with van der Waals surface area (Å²) in [6, 6.07) is 0.0981. The normalized spacial score (nSPS) is 14.5. The molecule has 0 bridgehead atoms. The highest BCUT2D eigenvalue weighted by molar-refractivity contribution is 5.83. The van der Waals surface area contributed by atoms with Crippen molar-refractivity contribution < 1.29 is 24.3 Å². The lowest BCUT2D eigenvalue weighted by Gasteiger charge is -2.47. The van der Waals surface area contributed by atoms with E-state index in [9.17, 15) is 19.8 Å². The van der Waals surface area contributed by atoms with Gasteiger partial charge in [0.25, 0.3) is 0 Å². The van der Waals surface area contributed by atoms with E-state index in [0.29, 0.717) is 0 Å². The van der Waals surface area contributed by atoms with Gasteiger partial charge in [-0.15, -0.1) is 0 Å². The predicted octanol–water partition coefficient (Wildman–Crippen LogP) is 8.98. The number of carboxylic acids is 2. The van der Waals surface area contributed by atoms with Crippen LogP contribution >= 0.6 is 0 Å². The van der Waals surface area contributed by atoms with Gasteiger partial charge in [-0.25, -0.2) is 4.79 Å². The highest BCUT2D eigenvalue weighted by Crippen LogP contribution is 2.30. The van der Waals surface area contributed by atoms with Crippen LogP contribution in [0.1, 0.15) is 162 Å². The first kappa shape index (κ1) is 34.9. The maximum Gasteiger partial charge on any atom is 0.366 e. The van der Waals surface area contributed by atoms with Gasteiger partial charge in [0.05, 0.1) is 20.1 Å². The molecule has 0 aliphatic heterocycles. The molecule has 0 aromatic carbocycles. The Morgan fingerprint density at radius 2 is 0.944 bits per heavy atom. The van der Waals surface area contributed by atoms with Gasteiger partial charge < -0.3 is 14.7 Å². The highest BCUT2D eigenvalue weighted by Gasteiger charge is 2.52. The zero-order chi connectivity index (χ0) is 27.3. The minimum Gasteiger partial charge on any atom is -0.481 e. The molecular formula is C31H62NO4+. The lowest BCUT2D eigenvalue weighted by Crippen LogP contribution is -2.66. The fourth-order valence-corrected chi connectivity index (χ4v) is 5.32. The van der Waals surface area contributed by atoms with E-state index >= 15 is 0 Å². The van der Waals surface area contributed by atoms with Gasteiger partial charge in [-0.2, -0.15) is 0 Å². The van der Waals surface area contributed by atoms with E-state index in [1.165, 1.54) is 122 Å². The first-order valence-electron chi connectivity index (χ1n) is 15.4. The maximum atomic E-state index is 11.9. The Hall–Kier alpha value is -1.10. The molecule has 2 unspecified atom stereocenters. The number of nitrogens with zero attached hydrogens (tertiary/aromatic N) is 1. The van der Waals surface area contributed by atoms with Crippen molar-refractivity contribution in [3.05, 3.63) is 0 Å². The molecule has 0 aliphatic rings. The molecule has 0 rings (SSSR count). The number of quaternary nitrogens is 1. The van der Waals surface area contributed by atoms with Crippen LogP contribution in [0.4, 0.5) is 0 Å². The minimum absolute atomic E-state index is 0.0981. The van der Waals surface area contributed by atoms with Crippen LogP contribution in [0, 0.1) is 0 Å². The lowest BCUT2D eigenvalue weighted by atomic mass is 9.90. The van der Waals surface area contributed by atoms with Crippen LogP contribution in [0.15, 0.2) is 0 Å². The number of carbonyl (C=O) groups is 2. The van der Waals surface area contributed by atoms with Gasteiger partial charge in [-0.1, -0.05) is 129 Å². The topological polar surface area (TPSA) is 74.6 Å². The lowest BCUT2D eigenvalue weighted by molar-refractivity contribution is -0.951. The van der Waals surface area contributed by atoms with Gasteiger partial charge in [0.15, 0.2) is 0 Å². The Balaban J connectivity index is 3.65. The maximum absolute atomic E-state index is 11.9. The van der Waals surface area contributed by atoms with Crippen LogP contribution < -0.4 is 0 Å².